The second-order valence-corrected chi connectivity index (χ2v) is 11.4. The third-order valence-corrected chi connectivity index (χ3v) is 7.47. The predicted molar refractivity (Wildman–Crippen MR) is 175 cm³/mol. The topological polar surface area (TPSA) is 127 Å². The minimum Gasteiger partial charge on any atom is -0.357 e. The zero-order chi connectivity index (χ0) is 33.3. The molecule has 1 N–H and O–H groups in total. The Balaban J connectivity index is 2.46. The van der Waals surface area contributed by atoms with Gasteiger partial charge in [0.25, 0.3) is 0 Å². The molecule has 0 bridgehead atoms. The molecule has 0 saturated carbocycles. The number of halogens is 2. The number of hydrogen-bond acceptors (Lipinski definition) is 7. The second-order valence-electron chi connectivity index (χ2n) is 11.0. The number of carbonyl (C=O) groups excluding carboxylic acids is 2. The van der Waals surface area contributed by atoms with Crippen LogP contribution in [0.3, 0.4) is 0 Å². The van der Waals surface area contributed by atoms with E-state index in [-0.39, 0.29) is 45.5 Å². The van der Waals surface area contributed by atoms with Gasteiger partial charge < -0.3 is 10.2 Å². The zero-order valence-corrected chi connectivity index (χ0v) is 27.1. The van der Waals surface area contributed by atoms with Gasteiger partial charge in [0.15, 0.2) is 5.82 Å². The number of nitrogens with one attached hydrogen (secondary N) is 1. The van der Waals surface area contributed by atoms with Gasteiger partial charge in [-0.1, -0.05) is 45.4 Å². The van der Waals surface area contributed by atoms with Gasteiger partial charge in [-0.25, -0.2) is 19.3 Å². The van der Waals surface area contributed by atoms with Crippen molar-refractivity contribution >= 4 is 41.8 Å². The van der Waals surface area contributed by atoms with Gasteiger partial charge in [0, 0.05) is 31.7 Å². The van der Waals surface area contributed by atoms with Crippen molar-refractivity contribution in [1.82, 2.24) is 25.2 Å². The molecule has 0 radical (unpaired) electrons. The Hall–Kier alpha value is -4.69. The van der Waals surface area contributed by atoms with Gasteiger partial charge in [-0.3, -0.25) is 19.5 Å². The highest BCUT2D eigenvalue weighted by molar-refractivity contribution is 6.33. The van der Waals surface area contributed by atoms with Crippen molar-refractivity contribution in [1.29, 1.82) is 5.26 Å². The van der Waals surface area contributed by atoms with Crippen LogP contribution in [-0.4, -0.2) is 64.7 Å². The van der Waals surface area contributed by atoms with E-state index >= 15 is 4.39 Å². The number of anilines is 2. The average Bonchev–Trinajstić information content (AvgIpc) is 3.02. The predicted octanol–water partition coefficient (Wildman–Crippen LogP) is 6.13. The fourth-order valence-corrected chi connectivity index (χ4v) is 5.25. The van der Waals surface area contributed by atoms with Crippen LogP contribution < -0.4 is 10.2 Å². The Labute approximate surface area is 268 Å². The van der Waals surface area contributed by atoms with Crippen LogP contribution in [0.25, 0.3) is 11.3 Å². The van der Waals surface area contributed by atoms with Crippen LogP contribution in [0, 0.1) is 17.1 Å². The fraction of sp³-hybridized carbons (Fsp3) is 0.364. The summed E-state index contributed by atoms with van der Waals surface area (Å²) < 4.78 is 15.4. The quantitative estimate of drug-likeness (QED) is 0.0979. The Morgan fingerprint density at radius 2 is 1.82 bits per heavy atom. The molecule has 2 amide bonds. The molecule has 0 fully saturated rings. The summed E-state index contributed by atoms with van der Waals surface area (Å²) in [7, 11) is 1.61. The van der Waals surface area contributed by atoms with Crippen molar-refractivity contribution in [3.63, 3.8) is 0 Å². The van der Waals surface area contributed by atoms with E-state index in [1.54, 1.807) is 19.2 Å². The number of carbonyl (C=O) groups is 2. The van der Waals surface area contributed by atoms with Crippen molar-refractivity contribution in [2.45, 2.75) is 58.9 Å². The lowest BCUT2D eigenvalue weighted by atomic mass is 10.00. The second kappa shape index (κ2) is 15.9. The lowest BCUT2D eigenvalue weighted by molar-refractivity contribution is -0.109. The molecular weight excluding hydrogens is 595 g/mol. The first-order valence-corrected chi connectivity index (χ1v) is 14.9. The molecule has 0 aliphatic heterocycles. The van der Waals surface area contributed by atoms with Crippen molar-refractivity contribution < 1.29 is 14.0 Å². The summed E-state index contributed by atoms with van der Waals surface area (Å²) in [4.78, 5) is 46.2. The first-order chi connectivity index (χ1) is 21.5. The minimum atomic E-state index is -0.695. The average molecular weight is 633 g/mol. The van der Waals surface area contributed by atoms with E-state index in [2.05, 4.69) is 26.9 Å². The number of nitrogens with zero attached hydrogens (tertiary/aromatic N) is 7. The number of amidine groups is 1. The minimum absolute atomic E-state index is 0.0529. The molecule has 3 aromatic rings. The van der Waals surface area contributed by atoms with Crippen LogP contribution in [0.2, 0.25) is 5.02 Å². The maximum atomic E-state index is 15.4. The van der Waals surface area contributed by atoms with E-state index in [4.69, 9.17) is 16.6 Å². The molecule has 1 atom stereocenters. The van der Waals surface area contributed by atoms with Crippen molar-refractivity contribution in [3.8, 4) is 17.3 Å². The molecule has 0 spiro atoms. The molecule has 10 nitrogen and oxygen atoms in total. The highest BCUT2D eigenvalue weighted by Crippen LogP contribution is 2.40. The van der Waals surface area contributed by atoms with Gasteiger partial charge in [-0.15, -0.1) is 6.58 Å². The number of hydrogen-bond donors (Lipinski definition) is 1. The van der Waals surface area contributed by atoms with Crippen molar-refractivity contribution in [3.05, 3.63) is 76.6 Å². The van der Waals surface area contributed by atoms with Crippen LogP contribution >= 0.6 is 11.6 Å². The maximum absolute atomic E-state index is 15.4. The summed E-state index contributed by atoms with van der Waals surface area (Å²) in [6.45, 7) is 14.4. The van der Waals surface area contributed by atoms with Gasteiger partial charge in [-0.05, 0) is 49.4 Å². The summed E-state index contributed by atoms with van der Waals surface area (Å²) >= 11 is 6.84. The molecular formula is C33H38ClFN8O2. The van der Waals surface area contributed by atoms with Gasteiger partial charge in [-0.2, -0.15) is 5.26 Å². The lowest BCUT2D eigenvalue weighted by Gasteiger charge is -2.34. The van der Waals surface area contributed by atoms with E-state index in [1.807, 2.05) is 45.6 Å². The molecule has 0 aliphatic carbocycles. The molecule has 2 heterocycles. The normalized spacial score (nSPS) is 12.1. The lowest BCUT2D eigenvalue weighted by Crippen LogP contribution is -2.45. The molecule has 45 heavy (non-hydrogen) atoms. The number of nitriles is 1. The molecule has 0 aliphatic rings. The summed E-state index contributed by atoms with van der Waals surface area (Å²) in [5.41, 5.74) is 2.36. The molecule has 2 aromatic heterocycles. The molecule has 236 valence electrons. The van der Waals surface area contributed by atoms with Crippen molar-refractivity contribution in [2.75, 3.05) is 25.0 Å². The van der Waals surface area contributed by atoms with Gasteiger partial charge in [0.2, 0.25) is 12.8 Å². The number of pyridine rings is 1. The number of aromatic nitrogens is 3. The smallest absolute Gasteiger partial charge is 0.220 e. The first-order valence-electron chi connectivity index (χ1n) is 14.6. The fourth-order valence-electron chi connectivity index (χ4n) is 5.00. The van der Waals surface area contributed by atoms with E-state index in [0.717, 1.165) is 6.07 Å². The molecule has 12 heteroatoms. The first kappa shape index (κ1) is 34.8. The summed E-state index contributed by atoms with van der Waals surface area (Å²) in [6, 6.07) is 7.29. The maximum Gasteiger partial charge on any atom is 0.220 e. The third kappa shape index (κ3) is 7.70. The number of amides is 2. The molecule has 3 rings (SSSR count). The number of aliphatic imine (C=N–C) groups is 1. The molecule has 0 saturated heterocycles. The Morgan fingerprint density at radius 3 is 2.33 bits per heavy atom. The highest BCUT2D eigenvalue weighted by Gasteiger charge is 2.31. The molecule has 1 aromatic carbocycles. The van der Waals surface area contributed by atoms with Crippen LogP contribution in [0.1, 0.15) is 75.4 Å². The van der Waals surface area contributed by atoms with Crippen LogP contribution in [0.5, 0.6) is 0 Å². The Bertz CT molecular complexity index is 1590. The third-order valence-electron chi connectivity index (χ3n) is 7.18. The van der Waals surface area contributed by atoms with Crippen molar-refractivity contribution in [2.24, 2.45) is 4.99 Å². The molecule has 1 unspecified atom stereocenters. The summed E-state index contributed by atoms with van der Waals surface area (Å²) in [5, 5.41) is 12.1. The standard InChI is InChI=1S/C33H38ClFN8O2/c1-8-9-12-42(22(6)16-38-18-44)32(37-7)25-14-26(34)30(24-11-10-23(15-36)13-27(24)35)41-33(25)43(19-45)31-28(20(2)3)39-17-40-29(31)21(4)5/h8,10-11,13-14,17-22H,1,9,12,16H2,2-7H3,(H,38,44). The number of rotatable bonds is 14. The van der Waals surface area contributed by atoms with E-state index in [9.17, 15) is 14.9 Å². The Kier molecular flexibility index (Phi) is 12.3. The van der Waals surface area contributed by atoms with E-state index in [0.29, 0.717) is 60.8 Å². The van der Waals surface area contributed by atoms with Crippen LogP contribution in [0.15, 0.2) is 48.2 Å². The van der Waals surface area contributed by atoms with Crippen LogP contribution in [-0.2, 0) is 9.59 Å². The van der Waals surface area contributed by atoms with Crippen LogP contribution in [0.4, 0.5) is 15.9 Å². The zero-order valence-electron chi connectivity index (χ0n) is 26.4. The van der Waals surface area contributed by atoms with E-state index in [1.165, 1.54) is 23.4 Å². The highest BCUT2D eigenvalue weighted by atomic mass is 35.5. The van der Waals surface area contributed by atoms with Gasteiger partial charge >= 0.3 is 0 Å². The Morgan fingerprint density at radius 1 is 1.16 bits per heavy atom. The SMILES string of the molecule is C=CCCN(C(=NC)c1cc(Cl)c(-c2ccc(C#N)cc2F)nc1N(C=O)c1c(C(C)C)ncnc1C(C)C)C(C)CNC=O. The monoisotopic (exact) mass is 632 g/mol. The van der Waals surface area contributed by atoms with Gasteiger partial charge in [0.1, 0.15) is 18.0 Å². The van der Waals surface area contributed by atoms with E-state index < -0.39 is 5.82 Å². The largest absolute Gasteiger partial charge is 0.357 e. The number of benzene rings is 1. The van der Waals surface area contributed by atoms with Gasteiger partial charge in [0.05, 0.1) is 45.0 Å². The summed E-state index contributed by atoms with van der Waals surface area (Å²) in [6.07, 6.45) is 5.09. The summed E-state index contributed by atoms with van der Waals surface area (Å²) in [5.74, 6) is -0.307.